The molecule has 1 rings (SSSR count). The van der Waals surface area contributed by atoms with Crippen LogP contribution in [0.2, 0.25) is 0 Å². The third kappa shape index (κ3) is 3.69. The molecule has 1 aliphatic rings. The zero-order valence-electron chi connectivity index (χ0n) is 9.60. The highest BCUT2D eigenvalue weighted by atomic mass is 16.6. The Bertz CT molecular complexity index is 270. The van der Waals surface area contributed by atoms with Crippen molar-refractivity contribution in [3.63, 3.8) is 0 Å². The van der Waals surface area contributed by atoms with Crippen molar-refractivity contribution < 1.29 is 19.4 Å². The van der Waals surface area contributed by atoms with E-state index in [0.717, 1.165) is 6.54 Å². The summed E-state index contributed by atoms with van der Waals surface area (Å²) in [4.78, 5) is 23.4. The van der Waals surface area contributed by atoms with Crippen LogP contribution in [0, 0.1) is 0 Å². The molecule has 1 amide bonds. The third-order valence-electron chi connectivity index (χ3n) is 2.69. The Labute approximate surface area is 94.6 Å². The van der Waals surface area contributed by atoms with Crippen LogP contribution in [0.3, 0.4) is 0 Å². The fourth-order valence-electron chi connectivity index (χ4n) is 1.80. The lowest BCUT2D eigenvalue weighted by molar-refractivity contribution is -0.138. The number of carboxylic acid groups (broad SMARTS) is 1. The molecule has 0 aliphatic carbocycles. The van der Waals surface area contributed by atoms with Crippen LogP contribution in [-0.4, -0.2) is 53.8 Å². The number of aliphatic carboxylic acids is 1. The molecular formula is C10H18N2O4. The maximum atomic E-state index is 10.8. The SMILES string of the molecule is CCN(CC1CNC(=O)O1)C(C)CC(=O)O. The van der Waals surface area contributed by atoms with E-state index in [1.807, 2.05) is 18.7 Å². The largest absolute Gasteiger partial charge is 0.481 e. The second-order valence-corrected chi connectivity index (χ2v) is 3.94. The van der Waals surface area contributed by atoms with Gasteiger partial charge in [0, 0.05) is 12.6 Å². The zero-order chi connectivity index (χ0) is 12.1. The van der Waals surface area contributed by atoms with Crippen LogP contribution >= 0.6 is 0 Å². The number of likely N-dealkylation sites (N-methyl/N-ethyl adjacent to an activating group) is 1. The van der Waals surface area contributed by atoms with Crippen molar-refractivity contribution in [1.82, 2.24) is 10.2 Å². The normalized spacial score (nSPS) is 21.7. The minimum atomic E-state index is -0.813. The number of carbonyl (C=O) groups is 2. The Morgan fingerprint density at radius 1 is 1.75 bits per heavy atom. The van der Waals surface area contributed by atoms with Gasteiger partial charge in [0.25, 0.3) is 0 Å². The van der Waals surface area contributed by atoms with E-state index < -0.39 is 12.1 Å². The number of cyclic esters (lactones) is 1. The van der Waals surface area contributed by atoms with Crippen LogP contribution in [0.15, 0.2) is 0 Å². The van der Waals surface area contributed by atoms with E-state index in [2.05, 4.69) is 5.32 Å². The van der Waals surface area contributed by atoms with Gasteiger partial charge in [-0.2, -0.15) is 0 Å². The molecule has 0 aromatic heterocycles. The summed E-state index contributed by atoms with van der Waals surface area (Å²) in [6, 6.07) is -0.0539. The summed E-state index contributed by atoms with van der Waals surface area (Å²) in [5.74, 6) is -0.813. The number of hydrogen-bond acceptors (Lipinski definition) is 4. The van der Waals surface area contributed by atoms with Gasteiger partial charge in [-0.15, -0.1) is 0 Å². The van der Waals surface area contributed by atoms with E-state index in [0.29, 0.717) is 13.1 Å². The quantitative estimate of drug-likeness (QED) is 0.685. The van der Waals surface area contributed by atoms with Crippen LogP contribution in [0.5, 0.6) is 0 Å². The second-order valence-electron chi connectivity index (χ2n) is 3.94. The highest BCUT2D eigenvalue weighted by Crippen LogP contribution is 2.08. The molecule has 92 valence electrons. The first-order chi connectivity index (χ1) is 7.52. The maximum absolute atomic E-state index is 10.8. The Morgan fingerprint density at radius 2 is 2.44 bits per heavy atom. The lowest BCUT2D eigenvalue weighted by Crippen LogP contribution is -2.41. The van der Waals surface area contributed by atoms with E-state index in [4.69, 9.17) is 9.84 Å². The van der Waals surface area contributed by atoms with Crippen LogP contribution in [0.1, 0.15) is 20.3 Å². The van der Waals surface area contributed by atoms with Crippen LogP contribution < -0.4 is 5.32 Å². The Kier molecular flexibility index (Phi) is 4.54. The van der Waals surface area contributed by atoms with Crippen molar-refractivity contribution in [2.24, 2.45) is 0 Å². The minimum Gasteiger partial charge on any atom is -0.481 e. The van der Waals surface area contributed by atoms with E-state index in [1.54, 1.807) is 0 Å². The number of carboxylic acids is 1. The van der Waals surface area contributed by atoms with Crippen LogP contribution in [-0.2, 0) is 9.53 Å². The molecule has 0 radical (unpaired) electrons. The number of hydrogen-bond donors (Lipinski definition) is 2. The van der Waals surface area contributed by atoms with Crippen molar-refractivity contribution >= 4 is 12.1 Å². The molecule has 1 aliphatic heterocycles. The maximum Gasteiger partial charge on any atom is 0.407 e. The average Bonchev–Trinajstić information content (AvgIpc) is 2.59. The van der Waals surface area contributed by atoms with Gasteiger partial charge in [0.05, 0.1) is 13.0 Å². The van der Waals surface area contributed by atoms with Gasteiger partial charge in [-0.05, 0) is 13.5 Å². The van der Waals surface area contributed by atoms with Gasteiger partial charge in [-0.25, -0.2) is 4.79 Å². The molecule has 0 aromatic carbocycles. The molecule has 0 aromatic rings. The topological polar surface area (TPSA) is 78.9 Å². The minimum absolute atomic E-state index is 0.0539. The fraction of sp³-hybridized carbons (Fsp3) is 0.800. The van der Waals surface area contributed by atoms with Gasteiger partial charge in [0.2, 0.25) is 0 Å². The number of nitrogens with zero attached hydrogens (tertiary/aromatic N) is 1. The lowest BCUT2D eigenvalue weighted by Gasteiger charge is -2.28. The predicted molar refractivity (Wildman–Crippen MR) is 57.2 cm³/mol. The van der Waals surface area contributed by atoms with E-state index in [9.17, 15) is 9.59 Å². The molecule has 0 bridgehead atoms. The highest BCUT2D eigenvalue weighted by Gasteiger charge is 2.26. The monoisotopic (exact) mass is 230 g/mol. The van der Waals surface area contributed by atoms with Crippen molar-refractivity contribution in [3.05, 3.63) is 0 Å². The van der Waals surface area contributed by atoms with Gasteiger partial charge < -0.3 is 15.2 Å². The van der Waals surface area contributed by atoms with Crippen molar-refractivity contribution in [2.75, 3.05) is 19.6 Å². The molecule has 2 unspecified atom stereocenters. The second kappa shape index (κ2) is 5.69. The summed E-state index contributed by atoms with van der Waals surface area (Å²) in [5.41, 5.74) is 0. The molecule has 0 saturated carbocycles. The standard InChI is InChI=1S/C10H18N2O4/c1-3-12(7(2)4-9(13)14)6-8-5-11-10(15)16-8/h7-8H,3-6H2,1-2H3,(H,11,15)(H,13,14). The van der Waals surface area contributed by atoms with Gasteiger partial charge in [0.1, 0.15) is 6.10 Å². The summed E-state index contributed by atoms with van der Waals surface area (Å²) in [6.07, 6.45) is -0.474. The molecule has 0 spiro atoms. The molecule has 1 saturated heterocycles. The number of rotatable bonds is 6. The Hall–Kier alpha value is -1.30. The molecule has 6 heteroatoms. The van der Waals surface area contributed by atoms with Crippen molar-refractivity contribution in [3.8, 4) is 0 Å². The molecule has 2 N–H and O–H groups in total. The summed E-state index contributed by atoms with van der Waals surface area (Å²) in [7, 11) is 0. The van der Waals surface area contributed by atoms with Gasteiger partial charge in [-0.1, -0.05) is 6.92 Å². The number of alkyl carbamates (subject to hydrolysis) is 1. The van der Waals surface area contributed by atoms with Crippen LogP contribution in [0.25, 0.3) is 0 Å². The van der Waals surface area contributed by atoms with Crippen molar-refractivity contribution in [1.29, 1.82) is 0 Å². The van der Waals surface area contributed by atoms with Gasteiger partial charge in [0.15, 0.2) is 0 Å². The van der Waals surface area contributed by atoms with Crippen LogP contribution in [0.4, 0.5) is 4.79 Å². The summed E-state index contributed by atoms with van der Waals surface area (Å²) in [6.45, 7) is 5.63. The Morgan fingerprint density at radius 3 is 2.88 bits per heavy atom. The first kappa shape index (κ1) is 12.8. The van der Waals surface area contributed by atoms with Crippen molar-refractivity contribution in [2.45, 2.75) is 32.4 Å². The first-order valence-corrected chi connectivity index (χ1v) is 5.43. The average molecular weight is 230 g/mol. The van der Waals surface area contributed by atoms with Gasteiger partial charge in [-0.3, -0.25) is 9.69 Å². The first-order valence-electron chi connectivity index (χ1n) is 5.43. The van der Waals surface area contributed by atoms with E-state index in [1.165, 1.54) is 0 Å². The lowest BCUT2D eigenvalue weighted by atomic mass is 10.2. The number of nitrogens with one attached hydrogen (secondary N) is 1. The summed E-state index contributed by atoms with van der Waals surface area (Å²) in [5, 5.41) is 11.3. The Balaban J connectivity index is 2.41. The number of ether oxygens (including phenoxy) is 1. The smallest absolute Gasteiger partial charge is 0.407 e. The highest BCUT2D eigenvalue weighted by molar-refractivity contribution is 5.69. The van der Waals surface area contributed by atoms with E-state index in [-0.39, 0.29) is 18.6 Å². The molecule has 2 atom stereocenters. The summed E-state index contributed by atoms with van der Waals surface area (Å²) < 4.78 is 5.01. The molecular weight excluding hydrogens is 212 g/mol. The summed E-state index contributed by atoms with van der Waals surface area (Å²) >= 11 is 0. The number of amides is 1. The van der Waals surface area contributed by atoms with Gasteiger partial charge >= 0.3 is 12.1 Å². The fourth-order valence-corrected chi connectivity index (χ4v) is 1.80. The molecule has 1 fully saturated rings. The number of carbonyl (C=O) groups excluding carboxylic acids is 1. The molecule has 1 heterocycles. The van der Waals surface area contributed by atoms with E-state index >= 15 is 0 Å². The predicted octanol–water partition coefficient (Wildman–Crippen LogP) is 0.280. The third-order valence-corrected chi connectivity index (χ3v) is 2.69. The molecule has 16 heavy (non-hydrogen) atoms. The zero-order valence-corrected chi connectivity index (χ0v) is 9.60. The molecule has 6 nitrogen and oxygen atoms in total.